The molecule has 0 bridgehead atoms. The molecule has 0 aliphatic heterocycles. The highest BCUT2D eigenvalue weighted by atomic mass is 32.2. The predicted molar refractivity (Wildman–Crippen MR) is 63.3 cm³/mol. The van der Waals surface area contributed by atoms with Gasteiger partial charge in [0.15, 0.2) is 0 Å². The molecule has 6 nitrogen and oxygen atoms in total. The molecule has 0 unspecified atom stereocenters. The number of hydrogen-bond donors (Lipinski definition) is 3. The second-order valence-electron chi connectivity index (χ2n) is 5.16. The second-order valence-corrected chi connectivity index (χ2v) is 6.91. The third kappa shape index (κ3) is 6.76. The molecule has 0 saturated carbocycles. The molecule has 0 aromatic rings. The number of carbonyl (C=O) groups excluding carboxylic acids is 1. The topological polar surface area (TPSA) is 101 Å². The maximum atomic E-state index is 11.5. The first-order chi connectivity index (χ1) is 6.83. The van der Waals surface area contributed by atoms with Crippen LogP contribution >= 0.6 is 0 Å². The highest BCUT2D eigenvalue weighted by molar-refractivity contribution is 7.88. The number of carbonyl (C=O) groups is 1. The van der Waals surface area contributed by atoms with E-state index in [-0.39, 0.29) is 12.5 Å². The zero-order chi connectivity index (χ0) is 13.2. The molecule has 0 radical (unpaired) electrons. The van der Waals surface area contributed by atoms with Gasteiger partial charge < -0.3 is 11.1 Å². The van der Waals surface area contributed by atoms with Gasteiger partial charge in [-0.05, 0) is 27.7 Å². The molecule has 1 amide bonds. The van der Waals surface area contributed by atoms with Gasteiger partial charge in [0, 0.05) is 12.1 Å². The Labute approximate surface area is 97.0 Å². The molecule has 0 aliphatic rings. The van der Waals surface area contributed by atoms with Crippen molar-refractivity contribution in [1.29, 1.82) is 0 Å². The standard InChI is InChI=1S/C9H21N3O3S/c1-8(2,12-16(5,14)15)6-11-7(13)9(3,4)10/h12H,6,10H2,1-5H3,(H,11,13). The van der Waals surface area contributed by atoms with Crippen molar-refractivity contribution < 1.29 is 13.2 Å². The molecule has 0 atom stereocenters. The van der Waals surface area contributed by atoms with Crippen LogP contribution in [-0.2, 0) is 14.8 Å². The van der Waals surface area contributed by atoms with E-state index in [0.29, 0.717) is 0 Å². The monoisotopic (exact) mass is 251 g/mol. The lowest BCUT2D eigenvalue weighted by Gasteiger charge is -2.27. The molecule has 96 valence electrons. The van der Waals surface area contributed by atoms with Gasteiger partial charge in [0.1, 0.15) is 0 Å². The fraction of sp³-hybridized carbons (Fsp3) is 0.889. The van der Waals surface area contributed by atoms with Crippen LogP contribution in [0.1, 0.15) is 27.7 Å². The Morgan fingerprint density at radius 2 is 1.69 bits per heavy atom. The zero-order valence-corrected chi connectivity index (χ0v) is 11.2. The highest BCUT2D eigenvalue weighted by Crippen LogP contribution is 2.03. The highest BCUT2D eigenvalue weighted by Gasteiger charge is 2.26. The summed E-state index contributed by atoms with van der Waals surface area (Å²) in [7, 11) is -3.30. The van der Waals surface area contributed by atoms with Crippen LogP contribution in [0.25, 0.3) is 0 Å². The van der Waals surface area contributed by atoms with E-state index in [9.17, 15) is 13.2 Å². The summed E-state index contributed by atoms with van der Waals surface area (Å²) in [5, 5.41) is 2.59. The lowest BCUT2D eigenvalue weighted by Crippen LogP contribution is -2.56. The summed E-state index contributed by atoms with van der Waals surface area (Å²) < 4.78 is 24.5. The average Bonchev–Trinajstić information content (AvgIpc) is 1.93. The van der Waals surface area contributed by atoms with Gasteiger partial charge in [-0.3, -0.25) is 4.79 Å². The normalized spacial score (nSPS) is 13.6. The Morgan fingerprint density at radius 3 is 2.00 bits per heavy atom. The van der Waals surface area contributed by atoms with E-state index in [0.717, 1.165) is 6.26 Å². The molecule has 7 heteroatoms. The molecule has 0 spiro atoms. The SMILES string of the molecule is CC(C)(CNC(=O)C(C)(C)N)NS(C)(=O)=O. The molecule has 0 saturated heterocycles. The summed E-state index contributed by atoms with van der Waals surface area (Å²) in [6, 6.07) is 0. The van der Waals surface area contributed by atoms with Gasteiger partial charge in [-0.25, -0.2) is 13.1 Å². The Kier molecular flexibility index (Phi) is 4.49. The van der Waals surface area contributed by atoms with Crippen LogP contribution in [0.3, 0.4) is 0 Å². The van der Waals surface area contributed by atoms with Gasteiger partial charge in [-0.15, -0.1) is 0 Å². The van der Waals surface area contributed by atoms with E-state index < -0.39 is 21.1 Å². The van der Waals surface area contributed by atoms with Gasteiger partial charge in [0.05, 0.1) is 11.8 Å². The van der Waals surface area contributed by atoms with Crippen molar-refractivity contribution >= 4 is 15.9 Å². The first kappa shape index (κ1) is 15.3. The van der Waals surface area contributed by atoms with Crippen molar-refractivity contribution in [2.45, 2.75) is 38.8 Å². The maximum absolute atomic E-state index is 11.5. The summed E-state index contributed by atoms with van der Waals surface area (Å²) in [5.74, 6) is -0.323. The van der Waals surface area contributed by atoms with Gasteiger partial charge in [0.2, 0.25) is 15.9 Å². The largest absolute Gasteiger partial charge is 0.353 e. The van der Waals surface area contributed by atoms with Crippen molar-refractivity contribution in [3.63, 3.8) is 0 Å². The first-order valence-corrected chi connectivity index (χ1v) is 6.79. The maximum Gasteiger partial charge on any atom is 0.239 e. The lowest BCUT2D eigenvalue weighted by atomic mass is 10.0. The van der Waals surface area contributed by atoms with Crippen LogP contribution in [0, 0.1) is 0 Å². The summed E-state index contributed by atoms with van der Waals surface area (Å²) >= 11 is 0. The average molecular weight is 251 g/mol. The molecular weight excluding hydrogens is 230 g/mol. The van der Waals surface area contributed by atoms with Crippen LogP contribution in [0.4, 0.5) is 0 Å². The number of hydrogen-bond acceptors (Lipinski definition) is 4. The van der Waals surface area contributed by atoms with E-state index in [1.807, 2.05) is 0 Å². The second kappa shape index (κ2) is 4.68. The summed E-state index contributed by atoms with van der Waals surface area (Å²) in [5.41, 5.74) is 3.87. The lowest BCUT2D eigenvalue weighted by molar-refractivity contribution is -0.125. The summed E-state index contributed by atoms with van der Waals surface area (Å²) in [6.07, 6.45) is 1.07. The van der Waals surface area contributed by atoms with Crippen molar-refractivity contribution in [2.75, 3.05) is 12.8 Å². The molecule has 0 aliphatic carbocycles. The van der Waals surface area contributed by atoms with Gasteiger partial charge in [-0.2, -0.15) is 0 Å². The molecular formula is C9H21N3O3S. The molecule has 0 rings (SSSR count). The predicted octanol–water partition coefficient (Wildman–Crippen LogP) is -0.832. The smallest absolute Gasteiger partial charge is 0.239 e. The third-order valence-electron chi connectivity index (χ3n) is 1.74. The van der Waals surface area contributed by atoms with Gasteiger partial charge >= 0.3 is 0 Å². The number of nitrogens with one attached hydrogen (secondary N) is 2. The summed E-state index contributed by atoms with van der Waals surface area (Å²) in [4.78, 5) is 11.5. The van der Waals surface area contributed by atoms with E-state index in [4.69, 9.17) is 5.73 Å². The van der Waals surface area contributed by atoms with Gasteiger partial charge in [0.25, 0.3) is 0 Å². The Bertz CT molecular complexity index is 355. The van der Waals surface area contributed by atoms with Crippen molar-refractivity contribution in [2.24, 2.45) is 5.73 Å². The number of nitrogens with two attached hydrogens (primary N) is 1. The minimum absolute atomic E-state index is 0.180. The fourth-order valence-electron chi connectivity index (χ4n) is 1.07. The van der Waals surface area contributed by atoms with Gasteiger partial charge in [-0.1, -0.05) is 0 Å². The quantitative estimate of drug-likeness (QED) is 0.593. The van der Waals surface area contributed by atoms with Crippen LogP contribution < -0.4 is 15.8 Å². The zero-order valence-electron chi connectivity index (χ0n) is 10.4. The fourth-order valence-corrected chi connectivity index (χ4v) is 2.14. The molecule has 0 heterocycles. The van der Waals surface area contributed by atoms with E-state index in [2.05, 4.69) is 10.0 Å². The summed E-state index contributed by atoms with van der Waals surface area (Å²) in [6.45, 7) is 6.70. The first-order valence-electron chi connectivity index (χ1n) is 4.90. The van der Waals surface area contributed by atoms with Crippen LogP contribution in [0.15, 0.2) is 0 Å². The number of sulfonamides is 1. The van der Waals surface area contributed by atoms with Crippen molar-refractivity contribution in [1.82, 2.24) is 10.0 Å². The van der Waals surface area contributed by atoms with Crippen molar-refractivity contribution in [3.8, 4) is 0 Å². The van der Waals surface area contributed by atoms with Crippen LogP contribution in [-0.4, -0.2) is 38.2 Å². The minimum Gasteiger partial charge on any atom is -0.353 e. The number of amides is 1. The van der Waals surface area contributed by atoms with Crippen LogP contribution in [0.2, 0.25) is 0 Å². The Balaban J connectivity index is 4.36. The number of rotatable bonds is 5. The van der Waals surface area contributed by atoms with Crippen molar-refractivity contribution in [3.05, 3.63) is 0 Å². The minimum atomic E-state index is -3.30. The molecule has 0 aromatic heterocycles. The Hall–Kier alpha value is -0.660. The van der Waals surface area contributed by atoms with E-state index in [1.165, 1.54) is 0 Å². The molecule has 4 N–H and O–H groups in total. The van der Waals surface area contributed by atoms with Crippen LogP contribution in [0.5, 0.6) is 0 Å². The molecule has 16 heavy (non-hydrogen) atoms. The molecule has 0 fully saturated rings. The van der Waals surface area contributed by atoms with E-state index >= 15 is 0 Å². The van der Waals surface area contributed by atoms with E-state index in [1.54, 1.807) is 27.7 Å². The third-order valence-corrected chi connectivity index (χ3v) is 2.66. The Morgan fingerprint density at radius 1 is 1.25 bits per heavy atom. The molecule has 0 aromatic carbocycles.